The molecule has 1 saturated heterocycles. The van der Waals surface area contributed by atoms with E-state index in [0.717, 1.165) is 36.4 Å². The SMILES string of the molecule is CC1CC(C)CN(C2=C(c3ccc(OC(C)C)cc3)C(=O)N(Cc3cccnc3)C2=O)C1. The molecular formula is C26H31N3O3. The number of benzene rings is 1. The fourth-order valence-corrected chi connectivity index (χ4v) is 4.75. The van der Waals surface area contributed by atoms with Crippen LogP contribution in [0.1, 0.15) is 45.2 Å². The summed E-state index contributed by atoms with van der Waals surface area (Å²) >= 11 is 0. The zero-order chi connectivity index (χ0) is 22.8. The van der Waals surface area contributed by atoms with Crippen molar-refractivity contribution in [3.8, 4) is 5.75 Å². The van der Waals surface area contributed by atoms with Gasteiger partial charge in [0.15, 0.2) is 0 Å². The maximum atomic E-state index is 13.6. The molecule has 1 fully saturated rings. The van der Waals surface area contributed by atoms with Crippen LogP contribution in [0.5, 0.6) is 5.75 Å². The second-order valence-corrected chi connectivity index (χ2v) is 9.32. The zero-order valence-corrected chi connectivity index (χ0v) is 19.2. The third-order valence-electron chi connectivity index (χ3n) is 5.91. The Bertz CT molecular complexity index is 1000. The second-order valence-electron chi connectivity index (χ2n) is 9.32. The number of carbonyl (C=O) groups is 2. The third kappa shape index (κ3) is 4.54. The summed E-state index contributed by atoms with van der Waals surface area (Å²) in [4.78, 5) is 34.8. The van der Waals surface area contributed by atoms with Gasteiger partial charge in [-0.15, -0.1) is 0 Å². The van der Waals surface area contributed by atoms with Crippen molar-refractivity contribution in [1.82, 2.24) is 14.8 Å². The molecule has 1 aromatic heterocycles. The van der Waals surface area contributed by atoms with Gasteiger partial charge in [-0.2, -0.15) is 0 Å². The maximum absolute atomic E-state index is 13.6. The Balaban J connectivity index is 1.72. The number of nitrogens with zero attached hydrogens (tertiary/aromatic N) is 3. The van der Waals surface area contributed by atoms with E-state index in [2.05, 4.69) is 23.7 Å². The van der Waals surface area contributed by atoms with E-state index in [0.29, 0.717) is 23.1 Å². The molecule has 0 N–H and O–H groups in total. The Morgan fingerprint density at radius 1 is 1.03 bits per heavy atom. The molecule has 2 atom stereocenters. The first kappa shape index (κ1) is 22.1. The van der Waals surface area contributed by atoms with Crippen molar-refractivity contribution in [1.29, 1.82) is 0 Å². The summed E-state index contributed by atoms with van der Waals surface area (Å²) in [6, 6.07) is 11.2. The number of pyridine rings is 1. The second kappa shape index (κ2) is 9.15. The normalized spacial score (nSPS) is 21.7. The Morgan fingerprint density at radius 2 is 1.72 bits per heavy atom. The summed E-state index contributed by atoms with van der Waals surface area (Å²) in [5.74, 6) is 1.19. The molecule has 6 nitrogen and oxygen atoms in total. The molecule has 1 aromatic carbocycles. The molecule has 2 aliphatic rings. The Kier molecular flexibility index (Phi) is 6.31. The summed E-state index contributed by atoms with van der Waals surface area (Å²) < 4.78 is 5.76. The van der Waals surface area contributed by atoms with Gasteiger partial charge >= 0.3 is 0 Å². The molecule has 32 heavy (non-hydrogen) atoms. The molecule has 6 heteroatoms. The highest BCUT2D eigenvalue weighted by Crippen LogP contribution is 2.36. The molecule has 3 heterocycles. The van der Waals surface area contributed by atoms with Crippen LogP contribution in [0.2, 0.25) is 0 Å². The minimum absolute atomic E-state index is 0.0663. The number of imide groups is 1. The topological polar surface area (TPSA) is 62.7 Å². The minimum Gasteiger partial charge on any atom is -0.491 e. The number of likely N-dealkylation sites (tertiary alicyclic amines) is 1. The lowest BCUT2D eigenvalue weighted by molar-refractivity contribution is -0.138. The Labute approximate surface area is 189 Å². The lowest BCUT2D eigenvalue weighted by atomic mass is 9.91. The molecule has 0 radical (unpaired) electrons. The molecule has 2 aliphatic heterocycles. The molecule has 2 amide bonds. The van der Waals surface area contributed by atoms with Crippen LogP contribution in [0, 0.1) is 11.8 Å². The highest BCUT2D eigenvalue weighted by atomic mass is 16.5. The Morgan fingerprint density at radius 3 is 2.31 bits per heavy atom. The van der Waals surface area contributed by atoms with E-state index in [1.807, 2.05) is 50.2 Å². The summed E-state index contributed by atoms with van der Waals surface area (Å²) in [7, 11) is 0. The van der Waals surface area contributed by atoms with E-state index in [1.165, 1.54) is 4.90 Å². The monoisotopic (exact) mass is 433 g/mol. The lowest BCUT2D eigenvalue weighted by Gasteiger charge is -2.37. The third-order valence-corrected chi connectivity index (χ3v) is 5.91. The van der Waals surface area contributed by atoms with Gasteiger partial charge in [0.05, 0.1) is 18.2 Å². The van der Waals surface area contributed by atoms with Crippen molar-refractivity contribution in [2.45, 2.75) is 46.8 Å². The molecule has 0 saturated carbocycles. The minimum atomic E-state index is -0.253. The van der Waals surface area contributed by atoms with E-state index >= 15 is 0 Å². The first-order valence-electron chi connectivity index (χ1n) is 11.3. The summed E-state index contributed by atoms with van der Waals surface area (Å²) in [6.07, 6.45) is 4.57. The predicted octanol–water partition coefficient (Wildman–Crippen LogP) is 4.13. The fraction of sp³-hybridized carbons (Fsp3) is 0.423. The first-order valence-corrected chi connectivity index (χ1v) is 11.3. The smallest absolute Gasteiger partial charge is 0.278 e. The molecule has 2 unspecified atom stereocenters. The quantitative estimate of drug-likeness (QED) is 0.641. The van der Waals surface area contributed by atoms with Crippen molar-refractivity contribution in [2.75, 3.05) is 13.1 Å². The number of rotatable bonds is 6. The van der Waals surface area contributed by atoms with Crippen molar-refractivity contribution in [3.05, 3.63) is 65.6 Å². The Hall–Kier alpha value is -3.15. The molecule has 0 spiro atoms. The molecular weight excluding hydrogens is 402 g/mol. The zero-order valence-electron chi connectivity index (χ0n) is 19.2. The van der Waals surface area contributed by atoms with Gasteiger partial charge in [-0.1, -0.05) is 32.0 Å². The van der Waals surface area contributed by atoms with Crippen molar-refractivity contribution in [3.63, 3.8) is 0 Å². The van der Waals surface area contributed by atoms with E-state index in [9.17, 15) is 9.59 Å². The summed E-state index contributed by atoms with van der Waals surface area (Å²) in [5.41, 5.74) is 2.58. The van der Waals surface area contributed by atoms with Crippen LogP contribution in [-0.2, 0) is 16.1 Å². The molecule has 2 aromatic rings. The highest BCUT2D eigenvalue weighted by Gasteiger charge is 2.42. The van der Waals surface area contributed by atoms with Gasteiger partial charge in [0.25, 0.3) is 11.8 Å². The average molecular weight is 434 g/mol. The largest absolute Gasteiger partial charge is 0.491 e. The van der Waals surface area contributed by atoms with Crippen LogP contribution in [0.4, 0.5) is 0 Å². The number of aromatic nitrogens is 1. The van der Waals surface area contributed by atoms with E-state index in [1.54, 1.807) is 12.4 Å². The molecule has 0 bridgehead atoms. The van der Waals surface area contributed by atoms with Gasteiger partial charge in [0.2, 0.25) is 0 Å². The summed E-state index contributed by atoms with van der Waals surface area (Å²) in [6.45, 7) is 10.1. The number of carbonyl (C=O) groups excluding carboxylic acids is 2. The van der Waals surface area contributed by atoms with Gasteiger partial charge in [0.1, 0.15) is 11.4 Å². The van der Waals surface area contributed by atoms with Gasteiger partial charge in [0, 0.05) is 25.5 Å². The average Bonchev–Trinajstić information content (AvgIpc) is 2.99. The van der Waals surface area contributed by atoms with Gasteiger partial charge in [-0.05, 0) is 61.4 Å². The number of hydrogen-bond acceptors (Lipinski definition) is 5. The van der Waals surface area contributed by atoms with Crippen LogP contribution in [-0.4, -0.2) is 45.8 Å². The standard InChI is InChI=1S/C26H31N3O3/c1-17(2)32-22-9-7-21(8-10-22)23-24(28-14-18(3)12-19(4)15-28)26(31)29(25(23)30)16-20-6-5-11-27-13-20/h5-11,13,17-19H,12,14-16H2,1-4H3. The summed E-state index contributed by atoms with van der Waals surface area (Å²) in [5, 5.41) is 0. The van der Waals surface area contributed by atoms with Gasteiger partial charge < -0.3 is 9.64 Å². The van der Waals surface area contributed by atoms with Crippen molar-refractivity contribution in [2.24, 2.45) is 11.8 Å². The fourth-order valence-electron chi connectivity index (χ4n) is 4.75. The van der Waals surface area contributed by atoms with Gasteiger partial charge in [-0.3, -0.25) is 19.5 Å². The molecule has 4 rings (SSSR count). The maximum Gasteiger partial charge on any atom is 0.278 e. The predicted molar refractivity (Wildman–Crippen MR) is 123 cm³/mol. The molecule has 0 aliphatic carbocycles. The lowest BCUT2D eigenvalue weighted by Crippen LogP contribution is -2.41. The number of amides is 2. The number of ether oxygens (including phenoxy) is 1. The highest BCUT2D eigenvalue weighted by molar-refractivity contribution is 6.35. The van der Waals surface area contributed by atoms with E-state index in [-0.39, 0.29) is 24.5 Å². The van der Waals surface area contributed by atoms with Crippen molar-refractivity contribution < 1.29 is 14.3 Å². The van der Waals surface area contributed by atoms with E-state index in [4.69, 9.17) is 4.74 Å². The van der Waals surface area contributed by atoms with Crippen LogP contribution in [0.15, 0.2) is 54.5 Å². The first-order chi connectivity index (χ1) is 15.3. The van der Waals surface area contributed by atoms with Gasteiger partial charge in [-0.25, -0.2) is 0 Å². The van der Waals surface area contributed by atoms with Crippen LogP contribution in [0.25, 0.3) is 5.57 Å². The molecule has 168 valence electrons. The van der Waals surface area contributed by atoms with E-state index < -0.39 is 0 Å². The van der Waals surface area contributed by atoms with Crippen LogP contribution >= 0.6 is 0 Å². The van der Waals surface area contributed by atoms with Crippen molar-refractivity contribution >= 4 is 17.4 Å². The van der Waals surface area contributed by atoms with Crippen LogP contribution < -0.4 is 4.74 Å². The number of hydrogen-bond donors (Lipinski definition) is 0. The number of piperidine rings is 1. The van der Waals surface area contributed by atoms with Crippen LogP contribution in [0.3, 0.4) is 0 Å².